The Kier molecular flexibility index (Phi) is 7.08. The molecule has 28 heavy (non-hydrogen) atoms. The molecule has 5 nitrogen and oxygen atoms in total. The number of ether oxygens (including phenoxy) is 2. The van der Waals surface area contributed by atoms with Crippen LogP contribution in [0.5, 0.6) is 0 Å². The average molecular weight is 397 g/mol. The molecule has 0 saturated carbocycles. The first-order chi connectivity index (χ1) is 13.2. The Balaban J connectivity index is 2.43. The number of nitrogens with zero attached hydrogens (tertiary/aromatic N) is 1. The quantitative estimate of drug-likeness (QED) is 0.581. The number of esters is 1. The van der Waals surface area contributed by atoms with Gasteiger partial charge in [-0.25, -0.2) is 4.79 Å². The molecule has 2 rings (SSSR count). The molecule has 0 bridgehead atoms. The first-order valence-electron chi connectivity index (χ1n) is 8.75. The van der Waals surface area contributed by atoms with Crippen molar-refractivity contribution < 1.29 is 32.2 Å². The minimum absolute atomic E-state index is 0.118. The molecule has 1 heterocycles. The minimum Gasteiger partial charge on any atom is -0.467 e. The van der Waals surface area contributed by atoms with Crippen molar-refractivity contribution in [2.45, 2.75) is 38.0 Å². The fourth-order valence-corrected chi connectivity index (χ4v) is 3.43. The molecular formula is C20H22F3NO4. The molecular weight excluding hydrogens is 375 g/mol. The van der Waals surface area contributed by atoms with Crippen LogP contribution in [0.4, 0.5) is 13.2 Å². The first-order valence-corrected chi connectivity index (χ1v) is 8.75. The number of benzene rings is 1. The number of carbonyl (C=O) groups is 2. The maximum Gasteiger partial charge on any atom is 0.471 e. The molecule has 152 valence electrons. The Morgan fingerprint density at radius 2 is 1.82 bits per heavy atom. The fourth-order valence-electron chi connectivity index (χ4n) is 3.43. The van der Waals surface area contributed by atoms with Gasteiger partial charge in [0.15, 0.2) is 0 Å². The van der Waals surface area contributed by atoms with Crippen molar-refractivity contribution in [3.8, 4) is 11.8 Å². The van der Waals surface area contributed by atoms with E-state index in [1.807, 2.05) is 0 Å². The van der Waals surface area contributed by atoms with Crippen LogP contribution in [0.3, 0.4) is 0 Å². The van der Waals surface area contributed by atoms with E-state index in [4.69, 9.17) is 4.74 Å². The Hall–Kier alpha value is -2.53. The number of carbonyl (C=O) groups excluding carboxylic acids is 2. The van der Waals surface area contributed by atoms with Crippen LogP contribution in [-0.4, -0.2) is 49.8 Å². The number of methoxy groups -OCH3 is 2. The van der Waals surface area contributed by atoms with Gasteiger partial charge in [0.1, 0.15) is 12.6 Å². The summed E-state index contributed by atoms with van der Waals surface area (Å²) in [5, 5.41) is 0. The van der Waals surface area contributed by atoms with Gasteiger partial charge in [0.05, 0.1) is 13.2 Å². The smallest absolute Gasteiger partial charge is 0.467 e. The maximum atomic E-state index is 13.3. The molecule has 0 aromatic heterocycles. The summed E-state index contributed by atoms with van der Waals surface area (Å²) >= 11 is 0. The van der Waals surface area contributed by atoms with Gasteiger partial charge in [-0.3, -0.25) is 4.79 Å². The van der Waals surface area contributed by atoms with Gasteiger partial charge >= 0.3 is 18.1 Å². The lowest BCUT2D eigenvalue weighted by atomic mass is 9.82. The number of piperidine rings is 1. The van der Waals surface area contributed by atoms with Gasteiger partial charge in [-0.15, -0.1) is 0 Å². The summed E-state index contributed by atoms with van der Waals surface area (Å²) in [5.74, 6) is 2.51. The Labute approximate surface area is 161 Å². The molecule has 0 N–H and O–H groups in total. The van der Waals surface area contributed by atoms with Gasteiger partial charge in [-0.2, -0.15) is 13.2 Å². The van der Waals surface area contributed by atoms with Gasteiger partial charge in [0.25, 0.3) is 0 Å². The second kappa shape index (κ2) is 9.11. The number of hydrogen-bond acceptors (Lipinski definition) is 4. The average Bonchev–Trinajstić information content (AvgIpc) is 2.66. The predicted octanol–water partition coefficient (Wildman–Crippen LogP) is 3.09. The van der Waals surface area contributed by atoms with Gasteiger partial charge < -0.3 is 14.4 Å². The molecule has 0 spiro atoms. The largest absolute Gasteiger partial charge is 0.471 e. The minimum atomic E-state index is -5.09. The molecule has 1 fully saturated rings. The second-order valence-corrected chi connectivity index (χ2v) is 6.61. The lowest BCUT2D eigenvalue weighted by molar-refractivity contribution is -0.197. The van der Waals surface area contributed by atoms with Crippen LogP contribution < -0.4 is 0 Å². The zero-order valence-corrected chi connectivity index (χ0v) is 15.9. The van der Waals surface area contributed by atoms with E-state index in [0.717, 1.165) is 7.11 Å². The summed E-state index contributed by atoms with van der Waals surface area (Å²) in [6, 6.07) is 4.43. The maximum absolute atomic E-state index is 13.3. The van der Waals surface area contributed by atoms with Crippen molar-refractivity contribution in [1.29, 1.82) is 0 Å². The summed E-state index contributed by atoms with van der Waals surface area (Å²) in [4.78, 5) is 24.9. The molecule has 1 aliphatic rings. The van der Waals surface area contributed by atoms with Crippen LogP contribution in [0.2, 0.25) is 0 Å². The van der Waals surface area contributed by atoms with Gasteiger partial charge in [-0.05, 0) is 36.5 Å². The number of likely N-dealkylation sites (tertiary alicyclic amines) is 1. The molecule has 0 radical (unpaired) electrons. The van der Waals surface area contributed by atoms with E-state index in [1.54, 1.807) is 31.2 Å². The Bertz CT molecular complexity index is 764. The van der Waals surface area contributed by atoms with Gasteiger partial charge in [-0.1, -0.05) is 30.9 Å². The first kappa shape index (κ1) is 21.8. The molecule has 3 atom stereocenters. The highest BCUT2D eigenvalue weighted by Gasteiger charge is 2.51. The van der Waals surface area contributed by atoms with Gasteiger partial charge in [0, 0.05) is 12.7 Å². The normalized spacial score (nSPS) is 22.2. The Morgan fingerprint density at radius 1 is 1.18 bits per heavy atom. The summed E-state index contributed by atoms with van der Waals surface area (Å²) < 4.78 is 49.3. The topological polar surface area (TPSA) is 55.8 Å². The molecule has 8 heteroatoms. The van der Waals surface area contributed by atoms with Crippen molar-refractivity contribution in [2.24, 2.45) is 5.92 Å². The highest BCUT2D eigenvalue weighted by atomic mass is 19.4. The van der Waals surface area contributed by atoms with Gasteiger partial charge in [0.2, 0.25) is 0 Å². The van der Waals surface area contributed by atoms with Crippen LogP contribution in [-0.2, 0) is 19.1 Å². The van der Waals surface area contributed by atoms with Crippen molar-refractivity contribution in [2.75, 3.05) is 20.8 Å². The number of alkyl halides is 3. The monoisotopic (exact) mass is 397 g/mol. The second-order valence-electron chi connectivity index (χ2n) is 6.61. The van der Waals surface area contributed by atoms with E-state index in [0.29, 0.717) is 22.4 Å². The van der Waals surface area contributed by atoms with E-state index < -0.39 is 30.1 Å². The molecule has 1 aromatic rings. The fraction of sp³-hybridized carbons (Fsp3) is 0.500. The summed E-state index contributed by atoms with van der Waals surface area (Å²) in [7, 11) is 2.62. The number of amides is 1. The van der Waals surface area contributed by atoms with E-state index >= 15 is 0 Å². The summed E-state index contributed by atoms with van der Waals surface area (Å²) in [6.07, 6.45) is -4.48. The number of hydrogen-bond donors (Lipinski definition) is 0. The highest BCUT2D eigenvalue weighted by Crippen LogP contribution is 2.41. The molecule has 0 aliphatic carbocycles. The molecule has 1 aromatic carbocycles. The molecule has 1 aliphatic heterocycles. The van der Waals surface area contributed by atoms with E-state index in [-0.39, 0.29) is 18.9 Å². The van der Waals surface area contributed by atoms with Crippen LogP contribution in [0.25, 0.3) is 0 Å². The standard InChI is InChI=1S/C20H22F3NO4/c1-13-6-11-16(18(25)28-3)24(19(26)20(21,22)23)17(13)15-9-7-14(8-10-15)5-4-12-27-2/h7-10,13,16-17H,6,11-12H2,1-3H3/t13-,16+,17-/m1/s1. The zero-order chi connectivity index (χ0) is 20.9. The SMILES string of the molecule is COCC#Cc1ccc([C@H]2[C@H](C)CC[C@@H](C(=O)OC)N2C(=O)C(F)(F)F)cc1. The third-order valence-corrected chi connectivity index (χ3v) is 4.72. The van der Waals surface area contributed by atoms with E-state index in [1.165, 1.54) is 7.11 Å². The summed E-state index contributed by atoms with van der Waals surface area (Å²) in [5.41, 5.74) is 1.18. The lowest BCUT2D eigenvalue weighted by Gasteiger charge is -2.44. The van der Waals surface area contributed by atoms with Crippen molar-refractivity contribution in [1.82, 2.24) is 4.90 Å². The van der Waals surface area contributed by atoms with Crippen LogP contribution >= 0.6 is 0 Å². The van der Waals surface area contributed by atoms with E-state index in [2.05, 4.69) is 16.6 Å². The van der Waals surface area contributed by atoms with Crippen LogP contribution in [0, 0.1) is 17.8 Å². The predicted molar refractivity (Wildman–Crippen MR) is 95.0 cm³/mol. The lowest BCUT2D eigenvalue weighted by Crippen LogP contribution is -2.56. The van der Waals surface area contributed by atoms with Crippen LogP contribution in [0.15, 0.2) is 24.3 Å². The number of rotatable bonds is 3. The van der Waals surface area contributed by atoms with Crippen molar-refractivity contribution >= 4 is 11.9 Å². The van der Waals surface area contributed by atoms with Crippen molar-refractivity contribution in [3.63, 3.8) is 0 Å². The Morgan fingerprint density at radius 3 is 2.36 bits per heavy atom. The number of halogens is 3. The zero-order valence-electron chi connectivity index (χ0n) is 15.9. The third kappa shape index (κ3) is 4.84. The van der Waals surface area contributed by atoms with Crippen molar-refractivity contribution in [3.05, 3.63) is 35.4 Å². The third-order valence-electron chi connectivity index (χ3n) is 4.72. The molecule has 1 amide bonds. The summed E-state index contributed by atoms with van der Waals surface area (Å²) in [6.45, 7) is 2.03. The molecule has 1 saturated heterocycles. The van der Waals surface area contributed by atoms with E-state index in [9.17, 15) is 22.8 Å². The van der Waals surface area contributed by atoms with Crippen LogP contribution in [0.1, 0.15) is 36.9 Å². The molecule has 0 unspecified atom stereocenters. The highest BCUT2D eigenvalue weighted by molar-refractivity contribution is 5.88.